The molecule has 2 rings (SSSR count). The van der Waals surface area contributed by atoms with Gasteiger partial charge in [-0.1, -0.05) is 30.3 Å². The minimum atomic E-state index is -0.881. The summed E-state index contributed by atoms with van der Waals surface area (Å²) in [6.45, 7) is 2.03. The zero-order valence-corrected chi connectivity index (χ0v) is 13.5. The first kappa shape index (κ1) is 17.5. The van der Waals surface area contributed by atoms with Gasteiger partial charge in [0.2, 0.25) is 0 Å². The van der Waals surface area contributed by atoms with Crippen LogP contribution in [0.3, 0.4) is 0 Å². The van der Waals surface area contributed by atoms with Crippen LogP contribution in [0.5, 0.6) is 0 Å². The van der Waals surface area contributed by atoms with Gasteiger partial charge in [-0.25, -0.2) is 9.78 Å². The van der Waals surface area contributed by atoms with Crippen molar-refractivity contribution in [3.8, 4) is 0 Å². The predicted octanol–water partition coefficient (Wildman–Crippen LogP) is 2.26. The Morgan fingerprint density at radius 3 is 2.67 bits per heavy atom. The maximum absolute atomic E-state index is 12.1. The number of rotatable bonds is 8. The van der Waals surface area contributed by atoms with E-state index in [1.54, 1.807) is 6.92 Å². The quantitative estimate of drug-likeness (QED) is 0.688. The van der Waals surface area contributed by atoms with Crippen molar-refractivity contribution in [2.24, 2.45) is 0 Å². The molecule has 1 heterocycles. The number of carbonyl (C=O) groups is 2. The van der Waals surface area contributed by atoms with E-state index in [-0.39, 0.29) is 25.0 Å². The van der Waals surface area contributed by atoms with E-state index in [9.17, 15) is 9.59 Å². The lowest BCUT2D eigenvalue weighted by atomic mass is 10.0. The highest BCUT2D eigenvalue weighted by Crippen LogP contribution is 2.08. The predicted molar refractivity (Wildman–Crippen MR) is 87.4 cm³/mol. The van der Waals surface area contributed by atoms with Crippen molar-refractivity contribution >= 4 is 12.0 Å². The molecule has 1 aromatic carbocycles. The fourth-order valence-electron chi connectivity index (χ4n) is 2.32. The van der Waals surface area contributed by atoms with Crippen molar-refractivity contribution < 1.29 is 19.1 Å². The van der Waals surface area contributed by atoms with Crippen LogP contribution in [0.15, 0.2) is 41.1 Å². The Labute approximate surface area is 140 Å². The zero-order valence-electron chi connectivity index (χ0n) is 13.5. The van der Waals surface area contributed by atoms with Gasteiger partial charge in [0, 0.05) is 12.5 Å². The van der Waals surface area contributed by atoms with Gasteiger partial charge >= 0.3 is 12.0 Å². The molecule has 0 aliphatic rings. The van der Waals surface area contributed by atoms with Crippen LogP contribution in [0.25, 0.3) is 0 Å². The van der Waals surface area contributed by atoms with Gasteiger partial charge in [-0.15, -0.1) is 0 Å². The number of aryl methyl sites for hydroxylation is 1. The van der Waals surface area contributed by atoms with E-state index in [0.29, 0.717) is 24.3 Å². The monoisotopic (exact) mass is 331 g/mol. The SMILES string of the molecule is Cc1ocnc1CNC(=O)NC(CCC(=O)O)Cc1ccccc1. The summed E-state index contributed by atoms with van der Waals surface area (Å²) in [6, 6.07) is 9.02. The number of hydrogen-bond acceptors (Lipinski definition) is 4. The van der Waals surface area contributed by atoms with Gasteiger partial charge < -0.3 is 20.2 Å². The molecular weight excluding hydrogens is 310 g/mol. The summed E-state index contributed by atoms with van der Waals surface area (Å²) < 4.78 is 5.07. The number of benzene rings is 1. The second kappa shape index (κ2) is 8.71. The van der Waals surface area contributed by atoms with E-state index in [4.69, 9.17) is 9.52 Å². The van der Waals surface area contributed by atoms with E-state index in [1.807, 2.05) is 30.3 Å². The third-order valence-corrected chi connectivity index (χ3v) is 3.63. The first-order valence-electron chi connectivity index (χ1n) is 7.73. The molecule has 3 N–H and O–H groups in total. The molecule has 7 nitrogen and oxygen atoms in total. The van der Waals surface area contributed by atoms with Crippen LogP contribution < -0.4 is 10.6 Å². The maximum atomic E-state index is 12.1. The molecule has 7 heteroatoms. The average Bonchev–Trinajstić information content (AvgIpc) is 2.97. The van der Waals surface area contributed by atoms with Crippen molar-refractivity contribution in [1.29, 1.82) is 0 Å². The first-order valence-corrected chi connectivity index (χ1v) is 7.73. The lowest BCUT2D eigenvalue weighted by Crippen LogP contribution is -2.43. The molecule has 0 spiro atoms. The van der Waals surface area contributed by atoms with Gasteiger partial charge in [0.25, 0.3) is 0 Å². The summed E-state index contributed by atoms with van der Waals surface area (Å²) in [4.78, 5) is 26.9. The van der Waals surface area contributed by atoms with Crippen molar-refractivity contribution in [2.75, 3.05) is 0 Å². The minimum absolute atomic E-state index is 0.000173. The summed E-state index contributed by atoms with van der Waals surface area (Å²) in [5.41, 5.74) is 1.70. The van der Waals surface area contributed by atoms with E-state index in [1.165, 1.54) is 6.39 Å². The molecule has 0 bridgehead atoms. The van der Waals surface area contributed by atoms with E-state index >= 15 is 0 Å². The van der Waals surface area contributed by atoms with Crippen molar-refractivity contribution in [3.05, 3.63) is 53.7 Å². The molecule has 2 aromatic rings. The van der Waals surface area contributed by atoms with Crippen LogP contribution in [0.4, 0.5) is 4.79 Å². The summed E-state index contributed by atoms with van der Waals surface area (Å²) >= 11 is 0. The Morgan fingerprint density at radius 2 is 2.04 bits per heavy atom. The summed E-state index contributed by atoms with van der Waals surface area (Å²) in [6.07, 6.45) is 2.26. The molecule has 2 amide bonds. The van der Waals surface area contributed by atoms with Gasteiger partial charge in [-0.05, 0) is 25.3 Å². The molecule has 0 fully saturated rings. The molecule has 1 unspecified atom stereocenters. The normalized spacial score (nSPS) is 11.7. The van der Waals surface area contributed by atoms with E-state index in [2.05, 4.69) is 15.6 Å². The highest BCUT2D eigenvalue weighted by Gasteiger charge is 2.15. The lowest BCUT2D eigenvalue weighted by molar-refractivity contribution is -0.137. The number of nitrogens with one attached hydrogen (secondary N) is 2. The molecule has 0 aliphatic heterocycles. The number of oxazole rings is 1. The summed E-state index contributed by atoms with van der Waals surface area (Å²) in [7, 11) is 0. The second-order valence-corrected chi connectivity index (χ2v) is 5.50. The van der Waals surface area contributed by atoms with Crippen LogP contribution in [0.1, 0.15) is 29.9 Å². The topological polar surface area (TPSA) is 104 Å². The van der Waals surface area contributed by atoms with Gasteiger partial charge in [0.05, 0.1) is 6.54 Å². The second-order valence-electron chi connectivity index (χ2n) is 5.50. The van der Waals surface area contributed by atoms with Gasteiger partial charge in [0.15, 0.2) is 6.39 Å². The van der Waals surface area contributed by atoms with Crippen molar-refractivity contribution in [3.63, 3.8) is 0 Å². The number of nitrogens with zero attached hydrogens (tertiary/aromatic N) is 1. The zero-order chi connectivity index (χ0) is 17.4. The smallest absolute Gasteiger partial charge is 0.315 e. The summed E-state index contributed by atoms with van der Waals surface area (Å²) in [5.74, 6) is -0.226. The van der Waals surface area contributed by atoms with Crippen LogP contribution in [0.2, 0.25) is 0 Å². The Hall–Kier alpha value is -2.83. The number of carboxylic acids is 1. The van der Waals surface area contributed by atoms with Crippen LogP contribution in [-0.2, 0) is 17.8 Å². The molecule has 0 aliphatic carbocycles. The number of hydrogen-bond donors (Lipinski definition) is 3. The number of urea groups is 1. The van der Waals surface area contributed by atoms with Gasteiger partial charge in [0.1, 0.15) is 11.5 Å². The standard InChI is InChI=1S/C17H21N3O4/c1-12-15(19-11-24-12)10-18-17(23)20-14(7-8-16(21)22)9-13-5-3-2-4-6-13/h2-6,11,14H,7-10H2,1H3,(H,21,22)(H2,18,20,23). The summed E-state index contributed by atoms with van der Waals surface area (Å²) in [5, 5.41) is 14.4. The van der Waals surface area contributed by atoms with Crippen molar-refractivity contribution in [1.82, 2.24) is 15.6 Å². The highest BCUT2D eigenvalue weighted by molar-refractivity contribution is 5.74. The molecule has 24 heavy (non-hydrogen) atoms. The molecule has 0 saturated heterocycles. The number of aromatic nitrogens is 1. The van der Waals surface area contributed by atoms with Gasteiger partial charge in [-0.3, -0.25) is 4.79 Å². The number of carboxylic acid groups (broad SMARTS) is 1. The third-order valence-electron chi connectivity index (χ3n) is 3.63. The largest absolute Gasteiger partial charge is 0.481 e. The fourth-order valence-corrected chi connectivity index (χ4v) is 2.32. The number of amides is 2. The van der Waals surface area contributed by atoms with E-state index < -0.39 is 5.97 Å². The molecule has 1 aromatic heterocycles. The third kappa shape index (κ3) is 5.75. The molecule has 1 atom stereocenters. The fraction of sp³-hybridized carbons (Fsp3) is 0.353. The molecule has 128 valence electrons. The Balaban J connectivity index is 1.89. The number of aliphatic carboxylic acids is 1. The Morgan fingerprint density at radius 1 is 1.29 bits per heavy atom. The van der Waals surface area contributed by atoms with Crippen LogP contribution in [0, 0.1) is 6.92 Å². The minimum Gasteiger partial charge on any atom is -0.481 e. The van der Waals surface area contributed by atoms with Crippen LogP contribution in [-0.4, -0.2) is 28.1 Å². The molecule has 0 radical (unpaired) electrons. The van der Waals surface area contributed by atoms with Crippen molar-refractivity contribution in [2.45, 2.75) is 38.8 Å². The maximum Gasteiger partial charge on any atom is 0.315 e. The average molecular weight is 331 g/mol. The number of carbonyl (C=O) groups excluding carboxylic acids is 1. The van der Waals surface area contributed by atoms with Gasteiger partial charge in [-0.2, -0.15) is 0 Å². The molecule has 0 saturated carbocycles. The first-order chi connectivity index (χ1) is 11.5. The lowest BCUT2D eigenvalue weighted by Gasteiger charge is -2.18. The molecular formula is C17H21N3O4. The Bertz CT molecular complexity index is 669. The van der Waals surface area contributed by atoms with Crippen LogP contribution >= 0.6 is 0 Å². The van der Waals surface area contributed by atoms with E-state index in [0.717, 1.165) is 5.56 Å². The highest BCUT2D eigenvalue weighted by atomic mass is 16.4. The Kier molecular flexibility index (Phi) is 6.36.